The molecule has 114 valence electrons. The summed E-state index contributed by atoms with van der Waals surface area (Å²) in [5, 5.41) is 9.24. The third-order valence-corrected chi connectivity index (χ3v) is 3.86. The Bertz CT molecular complexity index is 524. The van der Waals surface area contributed by atoms with E-state index in [1.165, 1.54) is 12.5 Å². The van der Waals surface area contributed by atoms with Crippen molar-refractivity contribution in [3.63, 3.8) is 0 Å². The first-order chi connectivity index (χ1) is 10.1. The second-order valence-corrected chi connectivity index (χ2v) is 5.66. The molecule has 1 aliphatic heterocycles. The number of benzene rings is 1. The van der Waals surface area contributed by atoms with Crippen LogP contribution in [0.5, 0.6) is 0 Å². The minimum atomic E-state index is -0.971. The fourth-order valence-electron chi connectivity index (χ4n) is 2.46. The van der Waals surface area contributed by atoms with Gasteiger partial charge in [-0.1, -0.05) is 17.7 Å². The zero-order valence-electron chi connectivity index (χ0n) is 12.1. The van der Waals surface area contributed by atoms with E-state index in [0.29, 0.717) is 5.02 Å². The van der Waals surface area contributed by atoms with Crippen LogP contribution in [0.1, 0.15) is 24.8 Å². The number of rotatable bonds is 5. The highest BCUT2D eigenvalue weighted by molar-refractivity contribution is 6.33. The van der Waals surface area contributed by atoms with Crippen LogP contribution in [0.4, 0.5) is 5.69 Å². The summed E-state index contributed by atoms with van der Waals surface area (Å²) in [6, 6.07) is 5.54. The van der Waals surface area contributed by atoms with Gasteiger partial charge in [0.15, 0.2) is 0 Å². The van der Waals surface area contributed by atoms with Crippen LogP contribution in [-0.2, 0) is 9.53 Å². The van der Waals surface area contributed by atoms with Crippen LogP contribution in [0.3, 0.4) is 0 Å². The number of halogens is 1. The molecule has 0 aliphatic carbocycles. The molecule has 1 unspecified atom stereocenters. The fraction of sp³-hybridized carbons (Fsp3) is 0.438. The lowest BCUT2D eigenvalue weighted by Gasteiger charge is -2.29. The van der Waals surface area contributed by atoms with E-state index in [1.54, 1.807) is 6.07 Å². The molecule has 1 saturated heterocycles. The zero-order chi connectivity index (χ0) is 15.2. The van der Waals surface area contributed by atoms with Gasteiger partial charge in [0.2, 0.25) is 0 Å². The van der Waals surface area contributed by atoms with Crippen molar-refractivity contribution >= 4 is 29.3 Å². The highest BCUT2D eigenvalue weighted by atomic mass is 35.5. The Balaban J connectivity index is 2.03. The molecule has 4 nitrogen and oxygen atoms in total. The standard InChI is InChI=1S/C16H20ClNO3/c1-18(11-13-4-2-3-9-21-13)15-7-5-12(10-14(15)17)6-8-16(19)20/h5-8,10,13H,2-4,9,11H2,1H3,(H,19,20)/b8-6+. The first-order valence-corrected chi connectivity index (χ1v) is 7.47. The number of carboxylic acid groups (broad SMARTS) is 1. The minimum absolute atomic E-state index is 0.256. The van der Waals surface area contributed by atoms with Gasteiger partial charge in [-0.25, -0.2) is 4.79 Å². The Morgan fingerprint density at radius 3 is 2.95 bits per heavy atom. The van der Waals surface area contributed by atoms with Crippen molar-refractivity contribution in [2.45, 2.75) is 25.4 Å². The average Bonchev–Trinajstić information content (AvgIpc) is 2.46. The number of anilines is 1. The highest BCUT2D eigenvalue weighted by Gasteiger charge is 2.17. The van der Waals surface area contributed by atoms with E-state index in [-0.39, 0.29) is 6.10 Å². The fourth-order valence-corrected chi connectivity index (χ4v) is 2.79. The summed E-state index contributed by atoms with van der Waals surface area (Å²) in [5.74, 6) is -0.971. The second kappa shape index (κ2) is 7.48. The predicted octanol–water partition coefficient (Wildman–Crippen LogP) is 3.44. The first-order valence-electron chi connectivity index (χ1n) is 7.09. The topological polar surface area (TPSA) is 49.8 Å². The van der Waals surface area contributed by atoms with Gasteiger partial charge in [0.25, 0.3) is 0 Å². The van der Waals surface area contributed by atoms with Crippen LogP contribution in [0.25, 0.3) is 6.08 Å². The number of aliphatic carboxylic acids is 1. The van der Waals surface area contributed by atoms with Crippen molar-refractivity contribution < 1.29 is 14.6 Å². The smallest absolute Gasteiger partial charge is 0.328 e. The van der Waals surface area contributed by atoms with Crippen molar-refractivity contribution in [3.8, 4) is 0 Å². The maximum Gasteiger partial charge on any atom is 0.328 e. The molecule has 0 bridgehead atoms. The molecule has 21 heavy (non-hydrogen) atoms. The number of ether oxygens (including phenoxy) is 1. The van der Waals surface area contributed by atoms with Crippen LogP contribution in [0.15, 0.2) is 24.3 Å². The lowest BCUT2D eigenvalue weighted by molar-refractivity contribution is -0.131. The van der Waals surface area contributed by atoms with Gasteiger partial charge in [-0.3, -0.25) is 0 Å². The van der Waals surface area contributed by atoms with Crippen molar-refractivity contribution in [1.29, 1.82) is 0 Å². The molecule has 1 atom stereocenters. The Morgan fingerprint density at radius 1 is 1.52 bits per heavy atom. The normalized spacial score (nSPS) is 18.9. The highest BCUT2D eigenvalue weighted by Crippen LogP contribution is 2.27. The van der Waals surface area contributed by atoms with E-state index in [2.05, 4.69) is 4.90 Å². The monoisotopic (exact) mass is 309 g/mol. The number of hydrogen-bond donors (Lipinski definition) is 1. The van der Waals surface area contributed by atoms with Gasteiger partial charge >= 0.3 is 5.97 Å². The molecule has 1 aromatic rings. The summed E-state index contributed by atoms with van der Waals surface area (Å²) in [6.07, 6.45) is 6.33. The molecule has 2 rings (SSSR count). The van der Waals surface area contributed by atoms with E-state index in [4.69, 9.17) is 21.4 Å². The Kier molecular flexibility index (Phi) is 5.65. The number of nitrogens with zero attached hydrogens (tertiary/aromatic N) is 1. The van der Waals surface area contributed by atoms with E-state index >= 15 is 0 Å². The minimum Gasteiger partial charge on any atom is -0.478 e. The predicted molar refractivity (Wildman–Crippen MR) is 85.0 cm³/mol. The van der Waals surface area contributed by atoms with Crippen molar-refractivity contribution in [2.24, 2.45) is 0 Å². The van der Waals surface area contributed by atoms with Crippen molar-refractivity contribution in [2.75, 3.05) is 25.1 Å². The van der Waals surface area contributed by atoms with Crippen molar-refractivity contribution in [3.05, 3.63) is 34.9 Å². The average molecular weight is 310 g/mol. The number of hydrogen-bond acceptors (Lipinski definition) is 3. The molecule has 1 aromatic carbocycles. The Morgan fingerprint density at radius 2 is 2.33 bits per heavy atom. The molecule has 0 spiro atoms. The SMILES string of the molecule is CN(CC1CCCCO1)c1ccc(/C=C/C(=O)O)cc1Cl. The molecular formula is C16H20ClNO3. The maximum atomic E-state index is 10.5. The molecule has 1 aliphatic rings. The van der Waals surface area contributed by atoms with E-state index in [0.717, 1.165) is 43.3 Å². The van der Waals surface area contributed by atoms with Crippen LogP contribution < -0.4 is 4.90 Å². The number of likely N-dealkylation sites (N-methyl/N-ethyl adjacent to an activating group) is 1. The summed E-state index contributed by atoms with van der Waals surface area (Å²) in [4.78, 5) is 12.6. The second-order valence-electron chi connectivity index (χ2n) is 5.25. The molecule has 0 amide bonds. The number of carboxylic acids is 1. The first kappa shape index (κ1) is 15.9. The third-order valence-electron chi connectivity index (χ3n) is 3.55. The lowest BCUT2D eigenvalue weighted by Crippen LogP contribution is -2.33. The van der Waals surface area contributed by atoms with E-state index in [1.807, 2.05) is 19.2 Å². The van der Waals surface area contributed by atoms with Crippen LogP contribution in [0.2, 0.25) is 5.02 Å². The molecule has 1 N–H and O–H groups in total. The summed E-state index contributed by atoms with van der Waals surface area (Å²) in [7, 11) is 1.99. The molecule has 0 radical (unpaired) electrons. The van der Waals surface area contributed by atoms with Gasteiger partial charge in [0.05, 0.1) is 16.8 Å². The summed E-state index contributed by atoms with van der Waals surface area (Å²) in [6.45, 7) is 1.65. The van der Waals surface area contributed by atoms with Gasteiger partial charge in [-0.05, 0) is 43.0 Å². The van der Waals surface area contributed by atoms with Crippen LogP contribution >= 0.6 is 11.6 Å². The molecular weight excluding hydrogens is 290 g/mol. The van der Waals surface area contributed by atoms with Crippen LogP contribution in [0, 0.1) is 0 Å². The van der Waals surface area contributed by atoms with E-state index in [9.17, 15) is 4.79 Å². The number of carbonyl (C=O) groups is 1. The van der Waals surface area contributed by atoms with Gasteiger partial charge in [-0.2, -0.15) is 0 Å². The third kappa shape index (κ3) is 4.76. The van der Waals surface area contributed by atoms with Gasteiger partial charge in [0, 0.05) is 26.3 Å². The molecule has 1 fully saturated rings. The molecule has 0 aromatic heterocycles. The quantitative estimate of drug-likeness (QED) is 0.846. The molecule has 1 heterocycles. The van der Waals surface area contributed by atoms with Gasteiger partial charge in [0.1, 0.15) is 0 Å². The molecule has 0 saturated carbocycles. The van der Waals surface area contributed by atoms with Gasteiger partial charge in [-0.15, -0.1) is 0 Å². The van der Waals surface area contributed by atoms with Gasteiger partial charge < -0.3 is 14.7 Å². The maximum absolute atomic E-state index is 10.5. The molecule has 5 heteroatoms. The summed E-state index contributed by atoms with van der Waals surface area (Å²) in [5.41, 5.74) is 1.70. The Hall–Kier alpha value is -1.52. The Labute approximate surface area is 130 Å². The van der Waals surface area contributed by atoms with E-state index < -0.39 is 5.97 Å². The zero-order valence-corrected chi connectivity index (χ0v) is 12.8. The van der Waals surface area contributed by atoms with Crippen LogP contribution in [-0.4, -0.2) is 37.4 Å². The summed E-state index contributed by atoms with van der Waals surface area (Å²) >= 11 is 6.29. The van der Waals surface area contributed by atoms with Crippen molar-refractivity contribution in [1.82, 2.24) is 0 Å². The largest absolute Gasteiger partial charge is 0.478 e. The summed E-state index contributed by atoms with van der Waals surface area (Å²) < 4.78 is 5.74. The lowest BCUT2D eigenvalue weighted by atomic mass is 10.1.